The molecule has 0 aromatic rings. The van der Waals surface area contributed by atoms with Gasteiger partial charge in [0.15, 0.2) is 0 Å². The van der Waals surface area contributed by atoms with Crippen molar-refractivity contribution < 1.29 is 24.7 Å². The molecule has 0 aliphatic heterocycles. The average Bonchev–Trinajstić information content (AvgIpc) is 1.41. The van der Waals surface area contributed by atoms with Crippen molar-refractivity contribution in [2.24, 2.45) is 0 Å². The zero-order chi connectivity index (χ0) is 5.58. The van der Waals surface area contributed by atoms with E-state index in [1.165, 1.54) is 0 Å². The molecule has 0 aliphatic rings. The minimum absolute atomic E-state index is 0.120. The molecule has 0 rings (SSSR count). The van der Waals surface area contributed by atoms with E-state index in [4.69, 9.17) is 0 Å². The van der Waals surface area contributed by atoms with Crippen molar-refractivity contribution in [3.63, 3.8) is 0 Å². The summed E-state index contributed by atoms with van der Waals surface area (Å²) >= 11 is 1.55. The molecule has 0 spiro atoms. The quantitative estimate of drug-likeness (QED) is 0.499. The third kappa shape index (κ3) is 70.9. The summed E-state index contributed by atoms with van der Waals surface area (Å²) < 4.78 is 2.09. The van der Waals surface area contributed by atoms with Gasteiger partial charge in [-0.25, -0.2) is 0 Å². The van der Waals surface area contributed by atoms with E-state index < -0.39 is 0 Å². The summed E-state index contributed by atoms with van der Waals surface area (Å²) in [7, 11) is 0.120. The van der Waals surface area contributed by atoms with Crippen LogP contribution in [0.25, 0.3) is 0 Å². The first-order valence-electron chi connectivity index (χ1n) is 2.00. The molecule has 6 heavy (non-hydrogen) atoms. The van der Waals surface area contributed by atoms with Crippen LogP contribution in [0.2, 0.25) is 24.3 Å². The number of hydrogen-bond donors (Lipinski definition) is 0. The predicted octanol–water partition coefficient (Wildman–Crippen LogP) is 1.95. The Labute approximate surface area is 57.8 Å². The molecule has 0 atom stereocenters. The Morgan fingerprint density at radius 1 is 1.00 bits per heavy atom. The zero-order valence-electron chi connectivity index (χ0n) is 5.00. The van der Waals surface area contributed by atoms with Crippen molar-refractivity contribution in [3.05, 3.63) is 0 Å². The molecular formula is C4H12SiZr. The molecule has 1 radical (unpaired) electrons. The van der Waals surface area contributed by atoms with Crippen LogP contribution in [0.4, 0.5) is 0 Å². The van der Waals surface area contributed by atoms with E-state index >= 15 is 0 Å². The van der Waals surface area contributed by atoms with Gasteiger partial charge in [0.05, 0.1) is 0 Å². The van der Waals surface area contributed by atoms with Crippen LogP contribution in [-0.2, 0) is 24.7 Å². The van der Waals surface area contributed by atoms with Crippen LogP contribution >= 0.6 is 0 Å². The van der Waals surface area contributed by atoms with E-state index in [0.717, 1.165) is 0 Å². The van der Waals surface area contributed by atoms with Crippen LogP contribution in [0.1, 0.15) is 0 Å². The predicted molar refractivity (Wildman–Crippen MR) is 29.2 cm³/mol. The Morgan fingerprint density at radius 3 is 1.00 bits per heavy atom. The Kier molecular flexibility index (Phi) is 16.0. The topological polar surface area (TPSA) is 0 Å². The van der Waals surface area contributed by atoms with Gasteiger partial charge < -0.3 is 0 Å². The summed E-state index contributed by atoms with van der Waals surface area (Å²) in [5, 5.41) is 0. The minimum atomic E-state index is 0.120. The fourth-order valence-electron chi connectivity index (χ4n) is 0. The molecule has 0 aromatic heterocycles. The van der Waals surface area contributed by atoms with Gasteiger partial charge in [-0.1, -0.05) is 19.6 Å². The monoisotopic (exact) mass is 178 g/mol. The van der Waals surface area contributed by atoms with Gasteiger partial charge in [-0.3, -0.25) is 0 Å². The van der Waals surface area contributed by atoms with Crippen LogP contribution < -0.4 is 0 Å². The molecule has 2 heteroatoms. The molecule has 0 aromatic carbocycles. The van der Waals surface area contributed by atoms with Crippen LogP contribution in [0.5, 0.6) is 0 Å². The van der Waals surface area contributed by atoms with Gasteiger partial charge in [0, 0.05) is 8.80 Å². The Hall–Kier alpha value is 1.10. The molecule has 0 nitrogen and oxygen atoms in total. The summed E-state index contributed by atoms with van der Waals surface area (Å²) in [6.07, 6.45) is 0. The molecule has 0 bridgehead atoms. The Balaban J connectivity index is 0. The second-order valence-electron chi connectivity index (χ2n) is 1.50. The van der Waals surface area contributed by atoms with E-state index in [2.05, 4.69) is 24.3 Å². The van der Waals surface area contributed by atoms with Crippen molar-refractivity contribution in [1.82, 2.24) is 0 Å². The van der Waals surface area contributed by atoms with Gasteiger partial charge >= 0.3 is 29.4 Å². The van der Waals surface area contributed by atoms with Crippen molar-refractivity contribution in [2.75, 3.05) is 0 Å². The summed E-state index contributed by atoms with van der Waals surface area (Å²) in [6, 6.07) is 0. The van der Waals surface area contributed by atoms with Crippen molar-refractivity contribution >= 4 is 8.80 Å². The van der Waals surface area contributed by atoms with Gasteiger partial charge in [0.2, 0.25) is 0 Å². The van der Waals surface area contributed by atoms with Crippen molar-refractivity contribution in [1.29, 1.82) is 0 Å². The second-order valence-corrected chi connectivity index (χ2v) is 4.50. The fraction of sp³-hybridized carbons (Fsp3) is 1.00. The SMILES string of the molecule is C[Si](C)C.[CH3][Zr]. The fourth-order valence-corrected chi connectivity index (χ4v) is 0. The van der Waals surface area contributed by atoms with Crippen molar-refractivity contribution in [3.8, 4) is 0 Å². The van der Waals surface area contributed by atoms with Crippen LogP contribution in [0.15, 0.2) is 0 Å². The normalized spacial score (nSPS) is 6.67. The van der Waals surface area contributed by atoms with Crippen LogP contribution in [0, 0.1) is 0 Å². The molecule has 0 heterocycles. The van der Waals surface area contributed by atoms with Gasteiger partial charge in [-0.2, -0.15) is 0 Å². The van der Waals surface area contributed by atoms with E-state index in [0.29, 0.717) is 0 Å². The van der Waals surface area contributed by atoms with Gasteiger partial charge in [-0.05, 0) is 0 Å². The molecule has 0 fully saturated rings. The molecular weight excluding hydrogens is 167 g/mol. The summed E-state index contributed by atoms with van der Waals surface area (Å²) in [5.41, 5.74) is 0. The molecule has 0 saturated carbocycles. The standard InChI is InChI=1S/C3H9Si.CH3.Zr/c1-4(2)3;;/h1-3H3;1H3;. The van der Waals surface area contributed by atoms with E-state index in [-0.39, 0.29) is 8.80 Å². The van der Waals surface area contributed by atoms with E-state index in [1.54, 1.807) is 24.7 Å². The van der Waals surface area contributed by atoms with Gasteiger partial charge in [-0.15, -0.1) is 0 Å². The first kappa shape index (κ1) is 10.2. The summed E-state index contributed by atoms with van der Waals surface area (Å²) in [6.45, 7) is 6.81. The molecule has 0 aliphatic carbocycles. The first-order chi connectivity index (χ1) is 2.73. The third-order valence-corrected chi connectivity index (χ3v) is 0. The van der Waals surface area contributed by atoms with Crippen LogP contribution in [0.3, 0.4) is 0 Å². The van der Waals surface area contributed by atoms with Crippen molar-refractivity contribution in [2.45, 2.75) is 24.3 Å². The van der Waals surface area contributed by atoms with Gasteiger partial charge in [0.25, 0.3) is 0 Å². The zero-order valence-corrected chi connectivity index (χ0v) is 8.46. The maximum atomic E-state index is 2.27. The first-order valence-corrected chi connectivity index (χ1v) is 7.46. The average molecular weight is 179 g/mol. The Bertz CT molecular complexity index is 12.3. The Morgan fingerprint density at radius 2 is 1.00 bits per heavy atom. The molecule has 0 amide bonds. The molecule has 0 unspecified atom stereocenters. The molecule has 0 N–H and O–H groups in total. The second kappa shape index (κ2) is 9.44. The summed E-state index contributed by atoms with van der Waals surface area (Å²) in [4.78, 5) is 0. The van der Waals surface area contributed by atoms with Gasteiger partial charge in [0.1, 0.15) is 0 Å². The molecule has 36 valence electrons. The third-order valence-electron chi connectivity index (χ3n) is 0. The van der Waals surface area contributed by atoms with E-state index in [1.807, 2.05) is 0 Å². The van der Waals surface area contributed by atoms with E-state index in [9.17, 15) is 0 Å². The number of hydrogen-bond acceptors (Lipinski definition) is 0. The maximum absolute atomic E-state index is 2.27. The van der Waals surface area contributed by atoms with Crippen LogP contribution in [-0.4, -0.2) is 8.80 Å². The summed E-state index contributed by atoms with van der Waals surface area (Å²) in [5.74, 6) is 0. The molecule has 0 saturated heterocycles. The number of rotatable bonds is 0.